The molecular formula is C25H27ClF3N3O4S. The quantitative estimate of drug-likeness (QED) is 0.299. The van der Waals surface area contributed by atoms with E-state index in [2.05, 4.69) is 10.1 Å². The van der Waals surface area contributed by atoms with E-state index in [1.807, 2.05) is 22.1 Å². The van der Waals surface area contributed by atoms with Gasteiger partial charge in [0.1, 0.15) is 12.4 Å². The average Bonchev–Trinajstić information content (AvgIpc) is 3.26. The molecule has 0 bridgehead atoms. The van der Waals surface area contributed by atoms with Gasteiger partial charge in [0.2, 0.25) is 5.91 Å². The number of carbonyl (C=O) groups is 1. The summed E-state index contributed by atoms with van der Waals surface area (Å²) in [5.74, 6) is -0.513. The monoisotopic (exact) mass is 557 g/mol. The fraction of sp³-hybridized carbons (Fsp3) is 0.360. The smallest absolute Gasteiger partial charge is 0.406 e. The molecule has 0 atom stereocenters. The highest BCUT2D eigenvalue weighted by molar-refractivity contribution is 7.07. The lowest BCUT2D eigenvalue weighted by molar-refractivity contribution is -0.274. The van der Waals surface area contributed by atoms with E-state index < -0.39 is 6.36 Å². The molecule has 2 aromatic carbocycles. The summed E-state index contributed by atoms with van der Waals surface area (Å²) >= 11 is 7.39. The number of nitrogens with one attached hydrogen (secondary N) is 1. The topological polar surface area (TPSA) is 74.1 Å². The van der Waals surface area contributed by atoms with E-state index >= 15 is 0 Å². The number of methoxy groups -OCH3 is 1. The van der Waals surface area contributed by atoms with Crippen LogP contribution in [0.4, 0.5) is 13.2 Å². The number of halogens is 4. The van der Waals surface area contributed by atoms with Gasteiger partial charge in [-0.3, -0.25) is 9.79 Å². The van der Waals surface area contributed by atoms with Crippen LogP contribution in [0.5, 0.6) is 5.75 Å². The Balaban J connectivity index is 1.73. The summed E-state index contributed by atoms with van der Waals surface area (Å²) in [6, 6.07) is 13.1. The lowest BCUT2D eigenvalue weighted by atomic mass is 10.1. The van der Waals surface area contributed by atoms with Gasteiger partial charge in [0, 0.05) is 30.6 Å². The molecule has 0 unspecified atom stereocenters. The van der Waals surface area contributed by atoms with Crippen molar-refractivity contribution in [2.24, 2.45) is 4.99 Å². The van der Waals surface area contributed by atoms with Crippen molar-refractivity contribution in [2.45, 2.75) is 25.9 Å². The third-order valence-electron chi connectivity index (χ3n) is 5.04. The number of benzene rings is 2. The second kappa shape index (κ2) is 14.2. The standard InChI is InChI=1S/C25H27ClF3N3O4S/c1-34-13-14-35-16-23(33)30-11-2-12-32-22(19-5-9-21(10-6-19)36-25(27,28)29)17-37-24(32)31-15-18-3-7-20(26)8-4-18/h3-10,17H,2,11-16H2,1H3,(H,30,33). The maximum Gasteiger partial charge on any atom is 0.573 e. The van der Waals surface area contributed by atoms with E-state index in [4.69, 9.17) is 26.1 Å². The second-order valence-electron chi connectivity index (χ2n) is 7.82. The van der Waals surface area contributed by atoms with Crippen LogP contribution in [0, 0.1) is 0 Å². The molecule has 37 heavy (non-hydrogen) atoms. The molecule has 0 aliphatic rings. The van der Waals surface area contributed by atoms with Crippen LogP contribution >= 0.6 is 22.9 Å². The summed E-state index contributed by atoms with van der Waals surface area (Å²) in [6.45, 7) is 2.09. The van der Waals surface area contributed by atoms with Gasteiger partial charge in [0.05, 0.1) is 25.5 Å². The average molecular weight is 558 g/mol. The Labute approximate surface area is 221 Å². The minimum atomic E-state index is -4.75. The van der Waals surface area contributed by atoms with Crippen LogP contribution in [-0.4, -0.2) is 50.3 Å². The number of rotatable bonds is 13. The van der Waals surface area contributed by atoms with E-state index in [9.17, 15) is 18.0 Å². The molecule has 0 aliphatic heterocycles. The second-order valence-corrected chi connectivity index (χ2v) is 9.09. The first-order valence-corrected chi connectivity index (χ1v) is 12.6. The molecule has 12 heteroatoms. The number of aromatic nitrogens is 1. The van der Waals surface area contributed by atoms with Crippen molar-refractivity contribution in [3.63, 3.8) is 0 Å². The molecular weight excluding hydrogens is 531 g/mol. The Hall–Kier alpha value is -2.86. The zero-order valence-electron chi connectivity index (χ0n) is 20.1. The normalized spacial score (nSPS) is 12.1. The number of carbonyl (C=O) groups excluding carboxylic acids is 1. The summed E-state index contributed by atoms with van der Waals surface area (Å²) in [6.07, 6.45) is -4.15. The predicted octanol–water partition coefficient (Wildman–Crippen LogP) is 5.04. The summed E-state index contributed by atoms with van der Waals surface area (Å²) in [5, 5.41) is 5.36. The Morgan fingerprint density at radius 1 is 1.11 bits per heavy atom. The van der Waals surface area contributed by atoms with Crippen LogP contribution in [-0.2, 0) is 27.4 Å². The zero-order valence-corrected chi connectivity index (χ0v) is 21.7. The van der Waals surface area contributed by atoms with Gasteiger partial charge in [-0.25, -0.2) is 0 Å². The van der Waals surface area contributed by atoms with Crippen LogP contribution in [0.1, 0.15) is 12.0 Å². The molecule has 1 N–H and O–H groups in total. The van der Waals surface area contributed by atoms with E-state index in [0.717, 1.165) is 16.1 Å². The van der Waals surface area contributed by atoms with Gasteiger partial charge in [-0.2, -0.15) is 0 Å². The van der Waals surface area contributed by atoms with Gasteiger partial charge in [0.25, 0.3) is 0 Å². The highest BCUT2D eigenvalue weighted by Gasteiger charge is 2.31. The van der Waals surface area contributed by atoms with Crippen molar-refractivity contribution in [1.82, 2.24) is 9.88 Å². The molecule has 0 fully saturated rings. The first-order valence-electron chi connectivity index (χ1n) is 11.4. The predicted molar refractivity (Wildman–Crippen MR) is 135 cm³/mol. The van der Waals surface area contributed by atoms with Gasteiger partial charge >= 0.3 is 6.36 Å². The highest BCUT2D eigenvalue weighted by atomic mass is 35.5. The summed E-state index contributed by atoms with van der Waals surface area (Å²) in [7, 11) is 1.56. The van der Waals surface area contributed by atoms with Gasteiger partial charge in [0.15, 0.2) is 4.80 Å². The van der Waals surface area contributed by atoms with E-state index in [-0.39, 0.29) is 18.3 Å². The molecule has 0 radical (unpaired) electrons. The van der Waals surface area contributed by atoms with E-state index in [0.29, 0.717) is 49.9 Å². The Bertz CT molecular complexity index is 1200. The largest absolute Gasteiger partial charge is 0.573 e. The lowest BCUT2D eigenvalue weighted by Gasteiger charge is -2.12. The molecule has 1 amide bonds. The van der Waals surface area contributed by atoms with Crippen molar-refractivity contribution in [3.05, 3.63) is 69.3 Å². The molecule has 0 spiro atoms. The molecule has 7 nitrogen and oxygen atoms in total. The SMILES string of the molecule is COCCOCC(=O)NCCCn1c(-c2ccc(OC(F)(F)F)cc2)csc1=NCc1ccc(Cl)cc1. The third-order valence-corrected chi connectivity index (χ3v) is 6.19. The number of alkyl halides is 3. The van der Waals surface area contributed by atoms with Crippen molar-refractivity contribution in [2.75, 3.05) is 33.5 Å². The number of hydrogen-bond acceptors (Lipinski definition) is 6. The third kappa shape index (κ3) is 9.84. The Morgan fingerprint density at radius 3 is 2.51 bits per heavy atom. The van der Waals surface area contributed by atoms with Crippen molar-refractivity contribution in [3.8, 4) is 17.0 Å². The van der Waals surface area contributed by atoms with Crippen LogP contribution in [0.25, 0.3) is 11.3 Å². The Kier molecular flexibility index (Phi) is 11.0. The Morgan fingerprint density at radius 2 is 1.84 bits per heavy atom. The van der Waals surface area contributed by atoms with Gasteiger partial charge in [-0.1, -0.05) is 23.7 Å². The molecule has 0 saturated heterocycles. The molecule has 0 saturated carbocycles. The lowest BCUT2D eigenvalue weighted by Crippen LogP contribution is -2.30. The zero-order chi connectivity index (χ0) is 26.7. The first-order chi connectivity index (χ1) is 17.7. The van der Waals surface area contributed by atoms with Crippen LogP contribution in [0.3, 0.4) is 0 Å². The fourth-order valence-electron chi connectivity index (χ4n) is 3.30. The summed E-state index contributed by atoms with van der Waals surface area (Å²) in [5.41, 5.74) is 2.50. The highest BCUT2D eigenvalue weighted by Crippen LogP contribution is 2.27. The van der Waals surface area contributed by atoms with Crippen LogP contribution < -0.4 is 14.9 Å². The minimum Gasteiger partial charge on any atom is -0.406 e. The van der Waals surface area contributed by atoms with Crippen LogP contribution in [0.15, 0.2) is 58.9 Å². The van der Waals surface area contributed by atoms with Gasteiger partial charge in [-0.05, 0) is 53.9 Å². The summed E-state index contributed by atoms with van der Waals surface area (Å²) in [4.78, 5) is 17.4. The van der Waals surface area contributed by atoms with Crippen molar-refractivity contribution in [1.29, 1.82) is 0 Å². The number of amides is 1. The number of ether oxygens (including phenoxy) is 3. The molecule has 1 heterocycles. The maximum atomic E-state index is 12.5. The van der Waals surface area contributed by atoms with E-state index in [1.54, 1.807) is 31.4 Å². The number of hydrogen-bond donors (Lipinski definition) is 1. The molecule has 200 valence electrons. The number of thiazole rings is 1. The van der Waals surface area contributed by atoms with E-state index in [1.165, 1.54) is 23.5 Å². The summed E-state index contributed by atoms with van der Waals surface area (Å²) < 4.78 is 53.6. The van der Waals surface area contributed by atoms with Gasteiger partial charge < -0.3 is 24.1 Å². The molecule has 3 aromatic rings. The molecule has 3 rings (SSSR count). The fourth-order valence-corrected chi connectivity index (χ4v) is 4.36. The number of nitrogens with zero attached hydrogens (tertiary/aromatic N) is 2. The van der Waals surface area contributed by atoms with Crippen molar-refractivity contribution >= 4 is 28.8 Å². The minimum absolute atomic E-state index is 0.0474. The first kappa shape index (κ1) is 28.7. The van der Waals surface area contributed by atoms with Crippen LogP contribution in [0.2, 0.25) is 5.02 Å². The molecule has 0 aliphatic carbocycles. The van der Waals surface area contributed by atoms with Crippen molar-refractivity contribution < 1.29 is 32.2 Å². The molecule has 1 aromatic heterocycles. The van der Waals surface area contributed by atoms with Gasteiger partial charge in [-0.15, -0.1) is 24.5 Å². The maximum absolute atomic E-state index is 12.5.